The molecular formula is C21H17BrN2O4S. The number of amides is 1. The van der Waals surface area contributed by atoms with Crippen molar-refractivity contribution < 1.29 is 13.9 Å². The number of nitro groups is 1. The van der Waals surface area contributed by atoms with Gasteiger partial charge in [-0.2, -0.15) is 0 Å². The Kier molecular flexibility index (Phi) is 6.24. The van der Waals surface area contributed by atoms with Gasteiger partial charge in [0, 0.05) is 28.2 Å². The first-order valence-electron chi connectivity index (χ1n) is 8.59. The number of rotatable bonds is 5. The minimum absolute atomic E-state index is 0.0335. The molecule has 1 atom stereocenters. The van der Waals surface area contributed by atoms with Gasteiger partial charge in [0.05, 0.1) is 21.3 Å². The number of para-hydroxylation sites is 1. The van der Waals surface area contributed by atoms with Crippen LogP contribution in [0.15, 0.2) is 81.0 Å². The van der Waals surface area contributed by atoms with Crippen molar-refractivity contribution >= 4 is 44.0 Å². The van der Waals surface area contributed by atoms with Gasteiger partial charge in [-0.1, -0.05) is 40.2 Å². The number of anilines is 1. The Morgan fingerprint density at radius 3 is 2.31 bits per heavy atom. The van der Waals surface area contributed by atoms with E-state index in [2.05, 4.69) is 15.9 Å². The first kappa shape index (κ1) is 20.9. The Hall–Kier alpha value is -2.84. The van der Waals surface area contributed by atoms with Gasteiger partial charge in [0.1, 0.15) is 4.90 Å². The Morgan fingerprint density at radius 1 is 1.03 bits per heavy atom. The first-order chi connectivity index (χ1) is 13.8. The van der Waals surface area contributed by atoms with E-state index in [9.17, 15) is 19.1 Å². The summed E-state index contributed by atoms with van der Waals surface area (Å²) in [4.78, 5) is 25.9. The molecule has 8 heteroatoms. The molecule has 0 spiro atoms. The van der Waals surface area contributed by atoms with Crippen molar-refractivity contribution in [2.75, 3.05) is 11.9 Å². The van der Waals surface area contributed by atoms with Crippen LogP contribution < -0.4 is 4.90 Å². The molecule has 0 aliphatic rings. The molecule has 0 saturated heterocycles. The second-order valence-corrected chi connectivity index (χ2v) is 8.62. The molecule has 0 aliphatic heterocycles. The van der Waals surface area contributed by atoms with Crippen LogP contribution in [0.2, 0.25) is 0 Å². The number of nitro benzene ring substituents is 1. The van der Waals surface area contributed by atoms with Gasteiger partial charge in [-0.05, 0) is 48.9 Å². The summed E-state index contributed by atoms with van der Waals surface area (Å²) in [5.41, 5.74) is 1.23. The summed E-state index contributed by atoms with van der Waals surface area (Å²) in [6.07, 6.45) is 0. The minimum atomic E-state index is -1.91. The van der Waals surface area contributed by atoms with Gasteiger partial charge in [0.2, 0.25) is 0 Å². The summed E-state index contributed by atoms with van der Waals surface area (Å²) in [6, 6.07) is 18.1. The lowest BCUT2D eigenvalue weighted by molar-refractivity contribution is -0.387. The average molecular weight is 473 g/mol. The summed E-state index contributed by atoms with van der Waals surface area (Å²) in [5, 5.41) is 11.6. The van der Waals surface area contributed by atoms with Gasteiger partial charge in [-0.15, -0.1) is 0 Å². The van der Waals surface area contributed by atoms with Crippen molar-refractivity contribution in [1.29, 1.82) is 0 Å². The van der Waals surface area contributed by atoms with Crippen LogP contribution in [0.25, 0.3) is 0 Å². The number of nitrogens with zero attached hydrogens (tertiary/aromatic N) is 2. The van der Waals surface area contributed by atoms with Crippen LogP contribution in [0.3, 0.4) is 0 Å². The maximum absolute atomic E-state index is 13.3. The standard InChI is InChI=1S/C21H17BrN2O4S/c1-14-6-3-4-8-18(14)23(2)21(25)17-7-5-9-19(24(26)27)20(17)29(28)16-12-10-15(22)11-13-16/h3-13H,1-2H3. The van der Waals surface area contributed by atoms with E-state index in [1.165, 1.54) is 23.1 Å². The summed E-state index contributed by atoms with van der Waals surface area (Å²) < 4.78 is 14.0. The average Bonchev–Trinajstić information content (AvgIpc) is 2.72. The zero-order chi connectivity index (χ0) is 21.1. The van der Waals surface area contributed by atoms with Crippen LogP contribution in [0.5, 0.6) is 0 Å². The van der Waals surface area contributed by atoms with E-state index in [0.29, 0.717) is 10.6 Å². The monoisotopic (exact) mass is 472 g/mol. The highest BCUT2D eigenvalue weighted by atomic mass is 79.9. The number of benzene rings is 3. The first-order valence-corrected chi connectivity index (χ1v) is 10.5. The summed E-state index contributed by atoms with van der Waals surface area (Å²) in [6.45, 7) is 1.87. The molecule has 3 rings (SSSR count). The second-order valence-electron chi connectivity index (χ2n) is 6.28. The predicted molar refractivity (Wildman–Crippen MR) is 116 cm³/mol. The van der Waals surface area contributed by atoms with E-state index < -0.39 is 21.6 Å². The third kappa shape index (κ3) is 4.28. The molecule has 29 heavy (non-hydrogen) atoms. The fourth-order valence-electron chi connectivity index (χ4n) is 2.94. The van der Waals surface area contributed by atoms with Crippen LogP contribution in [0.1, 0.15) is 15.9 Å². The highest BCUT2D eigenvalue weighted by Gasteiger charge is 2.29. The molecule has 0 aliphatic carbocycles. The maximum Gasteiger partial charge on any atom is 0.286 e. The zero-order valence-electron chi connectivity index (χ0n) is 15.7. The normalized spacial score (nSPS) is 11.7. The summed E-state index contributed by atoms with van der Waals surface area (Å²) >= 11 is 3.31. The molecule has 0 bridgehead atoms. The van der Waals surface area contributed by atoms with Crippen molar-refractivity contribution in [1.82, 2.24) is 0 Å². The number of hydrogen-bond donors (Lipinski definition) is 0. The largest absolute Gasteiger partial charge is 0.311 e. The van der Waals surface area contributed by atoms with E-state index >= 15 is 0 Å². The van der Waals surface area contributed by atoms with Crippen molar-refractivity contribution in [3.8, 4) is 0 Å². The van der Waals surface area contributed by atoms with Crippen molar-refractivity contribution in [2.24, 2.45) is 0 Å². The molecule has 6 nitrogen and oxygen atoms in total. The Bertz CT molecular complexity index is 1120. The van der Waals surface area contributed by atoms with Gasteiger partial charge in [0.25, 0.3) is 11.6 Å². The van der Waals surface area contributed by atoms with E-state index in [0.717, 1.165) is 10.0 Å². The molecule has 0 N–H and O–H groups in total. The van der Waals surface area contributed by atoms with Crippen LogP contribution in [-0.4, -0.2) is 22.1 Å². The molecule has 3 aromatic rings. The molecule has 0 saturated carbocycles. The molecule has 0 heterocycles. The number of carbonyl (C=O) groups excluding carboxylic acids is 1. The quantitative estimate of drug-likeness (QED) is 0.381. The third-order valence-electron chi connectivity index (χ3n) is 4.42. The summed E-state index contributed by atoms with van der Waals surface area (Å²) in [7, 11) is -0.315. The van der Waals surface area contributed by atoms with E-state index in [1.807, 2.05) is 19.1 Å². The van der Waals surface area contributed by atoms with Crippen LogP contribution in [0, 0.1) is 17.0 Å². The van der Waals surface area contributed by atoms with Gasteiger partial charge in [0.15, 0.2) is 0 Å². The summed E-state index contributed by atoms with van der Waals surface area (Å²) in [5.74, 6) is -0.469. The van der Waals surface area contributed by atoms with E-state index in [-0.39, 0.29) is 16.1 Å². The number of carbonyl (C=O) groups is 1. The second kappa shape index (κ2) is 8.67. The van der Waals surface area contributed by atoms with Crippen molar-refractivity contribution in [3.05, 3.63) is 92.4 Å². The lowest BCUT2D eigenvalue weighted by Crippen LogP contribution is -2.28. The highest BCUT2D eigenvalue weighted by molar-refractivity contribution is 9.10. The molecular weight excluding hydrogens is 456 g/mol. The molecule has 0 aromatic heterocycles. The molecule has 1 amide bonds. The van der Waals surface area contributed by atoms with E-state index in [4.69, 9.17) is 0 Å². The topological polar surface area (TPSA) is 80.5 Å². The number of aryl methyl sites for hydroxylation is 1. The van der Waals surface area contributed by atoms with Gasteiger partial charge in [-0.25, -0.2) is 4.21 Å². The number of hydrogen-bond acceptors (Lipinski definition) is 4. The lowest BCUT2D eigenvalue weighted by atomic mass is 10.1. The molecule has 0 radical (unpaired) electrons. The maximum atomic E-state index is 13.3. The third-order valence-corrected chi connectivity index (χ3v) is 6.44. The van der Waals surface area contributed by atoms with E-state index in [1.54, 1.807) is 43.4 Å². The van der Waals surface area contributed by atoms with Crippen LogP contribution in [-0.2, 0) is 10.8 Å². The molecule has 3 aromatic carbocycles. The Morgan fingerprint density at radius 2 is 1.69 bits per heavy atom. The Labute approximate surface area is 178 Å². The fourth-order valence-corrected chi connectivity index (χ4v) is 4.51. The zero-order valence-corrected chi connectivity index (χ0v) is 18.1. The van der Waals surface area contributed by atoms with Crippen molar-refractivity contribution in [2.45, 2.75) is 16.7 Å². The van der Waals surface area contributed by atoms with Gasteiger partial charge < -0.3 is 4.90 Å². The molecule has 1 unspecified atom stereocenters. The van der Waals surface area contributed by atoms with Crippen LogP contribution in [0.4, 0.5) is 11.4 Å². The van der Waals surface area contributed by atoms with Crippen LogP contribution >= 0.6 is 15.9 Å². The minimum Gasteiger partial charge on any atom is -0.311 e. The lowest BCUT2D eigenvalue weighted by Gasteiger charge is -2.21. The smallest absolute Gasteiger partial charge is 0.286 e. The van der Waals surface area contributed by atoms with Crippen molar-refractivity contribution in [3.63, 3.8) is 0 Å². The van der Waals surface area contributed by atoms with Gasteiger partial charge >= 0.3 is 0 Å². The molecule has 148 valence electrons. The SMILES string of the molecule is Cc1ccccc1N(C)C(=O)c1cccc([N+](=O)[O-])c1S(=O)c1ccc(Br)cc1. The highest BCUT2D eigenvalue weighted by Crippen LogP contribution is 2.32. The number of halogens is 1. The predicted octanol–water partition coefficient (Wildman–Crippen LogP) is 5.11. The Balaban J connectivity index is 2.14. The fraction of sp³-hybridized carbons (Fsp3) is 0.0952. The molecule has 0 fully saturated rings. The van der Waals surface area contributed by atoms with Gasteiger partial charge in [-0.3, -0.25) is 14.9 Å².